The Hall–Kier alpha value is -1.80. The molecule has 26 heavy (non-hydrogen) atoms. The molecule has 0 amide bonds. The van der Waals surface area contributed by atoms with E-state index in [0.717, 1.165) is 21.8 Å². The average Bonchev–Trinajstić information content (AvgIpc) is 3.02. The van der Waals surface area contributed by atoms with Crippen molar-refractivity contribution in [2.24, 2.45) is 0 Å². The molecule has 0 fully saturated rings. The summed E-state index contributed by atoms with van der Waals surface area (Å²) in [4.78, 5) is 24.5. The number of hydrogen-bond donors (Lipinski definition) is 0. The number of thiophene rings is 1. The van der Waals surface area contributed by atoms with Gasteiger partial charge in [-0.3, -0.25) is 9.59 Å². The fraction of sp³-hybridized carbons (Fsp3) is 0.444. The summed E-state index contributed by atoms with van der Waals surface area (Å²) in [5.41, 5.74) is 0. The Morgan fingerprint density at radius 3 is 2.38 bits per heavy atom. The maximum atomic E-state index is 12.6. The molecule has 0 atom stereocenters. The van der Waals surface area contributed by atoms with Crippen LogP contribution in [0.15, 0.2) is 12.1 Å². The van der Waals surface area contributed by atoms with E-state index in [1.54, 1.807) is 14.2 Å². The minimum Gasteiger partial charge on any atom is -0.493 e. The number of hydrogen-bond acceptors (Lipinski definition) is 7. The van der Waals surface area contributed by atoms with Gasteiger partial charge in [0.25, 0.3) is 0 Å². The number of methoxy groups -OCH3 is 3. The quantitative estimate of drug-likeness (QED) is 0.236. The monoisotopic (exact) mass is 444 g/mol. The van der Waals surface area contributed by atoms with Crippen LogP contribution in [0.4, 0.5) is 0 Å². The molecule has 1 aromatic carbocycles. The van der Waals surface area contributed by atoms with Gasteiger partial charge in [0.05, 0.1) is 34.4 Å². The average molecular weight is 445 g/mol. The van der Waals surface area contributed by atoms with Crippen LogP contribution in [-0.2, 0) is 9.53 Å². The second-order valence-corrected chi connectivity index (χ2v) is 7.20. The molecule has 0 aliphatic rings. The molecule has 0 aliphatic heterocycles. The summed E-state index contributed by atoms with van der Waals surface area (Å²) in [5.74, 6) is 1.12. The van der Waals surface area contributed by atoms with E-state index in [1.165, 1.54) is 18.4 Å². The summed E-state index contributed by atoms with van der Waals surface area (Å²) in [6, 6.07) is 3.64. The van der Waals surface area contributed by atoms with Crippen LogP contribution in [0.3, 0.4) is 0 Å². The van der Waals surface area contributed by atoms with E-state index in [9.17, 15) is 9.59 Å². The Bertz CT molecular complexity index is 786. The third-order valence-corrected chi connectivity index (χ3v) is 5.45. The van der Waals surface area contributed by atoms with E-state index in [4.69, 9.17) is 14.2 Å². The van der Waals surface area contributed by atoms with E-state index >= 15 is 0 Å². The first-order chi connectivity index (χ1) is 12.5. The number of fused-ring (bicyclic) bond motifs is 1. The summed E-state index contributed by atoms with van der Waals surface area (Å²) < 4.78 is 22.1. The van der Waals surface area contributed by atoms with Crippen molar-refractivity contribution in [3.05, 3.63) is 17.0 Å². The molecule has 2 rings (SSSR count). The van der Waals surface area contributed by atoms with Gasteiger partial charge in [0, 0.05) is 27.9 Å². The SMILES string of the molecule is COC(=O)CCC(=O)c1sc2cc(OC)c(OC)cc2c1OCCCBr. The first kappa shape index (κ1) is 20.5. The van der Waals surface area contributed by atoms with E-state index in [2.05, 4.69) is 20.7 Å². The zero-order chi connectivity index (χ0) is 19.1. The van der Waals surface area contributed by atoms with Crippen molar-refractivity contribution in [1.29, 1.82) is 0 Å². The van der Waals surface area contributed by atoms with Crippen LogP contribution in [0.5, 0.6) is 17.2 Å². The molecule has 0 bridgehead atoms. The highest BCUT2D eigenvalue weighted by atomic mass is 79.9. The second-order valence-electron chi connectivity index (χ2n) is 5.35. The van der Waals surface area contributed by atoms with Gasteiger partial charge in [-0.2, -0.15) is 0 Å². The summed E-state index contributed by atoms with van der Waals surface area (Å²) in [7, 11) is 4.43. The molecule has 0 unspecified atom stereocenters. The van der Waals surface area contributed by atoms with Gasteiger partial charge in [0.15, 0.2) is 17.3 Å². The van der Waals surface area contributed by atoms with Crippen molar-refractivity contribution in [3.63, 3.8) is 0 Å². The first-order valence-corrected chi connectivity index (χ1v) is 9.96. The lowest BCUT2D eigenvalue weighted by atomic mass is 10.1. The predicted molar refractivity (Wildman–Crippen MR) is 104 cm³/mol. The molecule has 1 heterocycles. The Morgan fingerprint density at radius 1 is 1.08 bits per heavy atom. The summed E-state index contributed by atoms with van der Waals surface area (Å²) >= 11 is 4.69. The van der Waals surface area contributed by atoms with Crippen LogP contribution in [0.25, 0.3) is 10.1 Å². The van der Waals surface area contributed by atoms with Crippen LogP contribution in [0.2, 0.25) is 0 Å². The molecule has 8 heteroatoms. The van der Waals surface area contributed by atoms with Crippen molar-refractivity contribution in [2.45, 2.75) is 19.3 Å². The highest BCUT2D eigenvalue weighted by Crippen LogP contribution is 2.44. The summed E-state index contributed by atoms with van der Waals surface area (Å²) in [6.45, 7) is 0.475. The Kier molecular flexibility index (Phi) is 7.71. The van der Waals surface area contributed by atoms with Gasteiger partial charge in [0.2, 0.25) is 0 Å². The third kappa shape index (κ3) is 4.67. The zero-order valence-corrected chi connectivity index (χ0v) is 17.3. The number of rotatable bonds is 10. The Balaban J connectivity index is 2.43. The van der Waals surface area contributed by atoms with Gasteiger partial charge in [-0.1, -0.05) is 15.9 Å². The number of ether oxygens (including phenoxy) is 4. The molecular formula is C18H21BrO6S. The normalized spacial score (nSPS) is 10.6. The largest absolute Gasteiger partial charge is 0.493 e. The topological polar surface area (TPSA) is 71.1 Å². The van der Waals surface area contributed by atoms with E-state index < -0.39 is 5.97 Å². The lowest BCUT2D eigenvalue weighted by Gasteiger charge is -2.09. The molecule has 2 aromatic rings. The highest BCUT2D eigenvalue weighted by molar-refractivity contribution is 9.09. The predicted octanol–water partition coefficient (Wildman–Crippen LogP) is 4.22. The number of esters is 1. The fourth-order valence-electron chi connectivity index (χ4n) is 2.39. The van der Waals surface area contributed by atoms with Crippen molar-refractivity contribution < 1.29 is 28.5 Å². The number of carbonyl (C=O) groups is 2. The molecule has 0 radical (unpaired) electrons. The van der Waals surface area contributed by atoms with Gasteiger partial charge in [-0.05, 0) is 12.5 Å². The second kappa shape index (κ2) is 9.78. The Morgan fingerprint density at radius 2 is 1.77 bits per heavy atom. The molecule has 1 aromatic heterocycles. The number of benzene rings is 1. The van der Waals surface area contributed by atoms with Gasteiger partial charge in [0.1, 0.15) is 10.6 Å². The molecule has 0 aliphatic carbocycles. The molecule has 6 nitrogen and oxygen atoms in total. The van der Waals surface area contributed by atoms with Crippen LogP contribution in [0, 0.1) is 0 Å². The van der Waals surface area contributed by atoms with Crippen LogP contribution in [0.1, 0.15) is 28.9 Å². The van der Waals surface area contributed by atoms with E-state index in [0.29, 0.717) is 28.7 Å². The van der Waals surface area contributed by atoms with Crippen molar-refractivity contribution in [1.82, 2.24) is 0 Å². The fourth-order valence-corrected chi connectivity index (χ4v) is 3.74. The smallest absolute Gasteiger partial charge is 0.305 e. The molecule has 0 spiro atoms. The lowest BCUT2D eigenvalue weighted by molar-refractivity contribution is -0.140. The number of alkyl halides is 1. The highest BCUT2D eigenvalue weighted by Gasteiger charge is 2.22. The van der Waals surface area contributed by atoms with Gasteiger partial charge >= 0.3 is 5.97 Å². The van der Waals surface area contributed by atoms with Crippen molar-refractivity contribution in [3.8, 4) is 17.2 Å². The number of ketones is 1. The van der Waals surface area contributed by atoms with Crippen LogP contribution in [-0.4, -0.2) is 45.0 Å². The molecule has 0 saturated heterocycles. The molecule has 142 valence electrons. The lowest BCUT2D eigenvalue weighted by Crippen LogP contribution is -2.07. The maximum Gasteiger partial charge on any atom is 0.305 e. The number of halogens is 1. The standard InChI is InChI=1S/C18H21BrO6S/c1-22-13-9-11-15(10-14(13)23-2)26-18(17(11)25-8-4-7-19)12(20)5-6-16(21)24-3/h9-10H,4-8H2,1-3H3. The minimum absolute atomic E-state index is 0.0388. The molecular weight excluding hydrogens is 424 g/mol. The van der Waals surface area contributed by atoms with E-state index in [1.807, 2.05) is 12.1 Å². The van der Waals surface area contributed by atoms with Gasteiger partial charge < -0.3 is 18.9 Å². The van der Waals surface area contributed by atoms with Crippen LogP contribution >= 0.6 is 27.3 Å². The third-order valence-electron chi connectivity index (χ3n) is 3.71. The Labute approximate surface area is 164 Å². The zero-order valence-electron chi connectivity index (χ0n) is 14.9. The number of Topliss-reactive ketones (excluding diaryl/α,β-unsaturated/α-hetero) is 1. The van der Waals surface area contributed by atoms with Crippen LogP contribution < -0.4 is 14.2 Å². The van der Waals surface area contributed by atoms with Crippen molar-refractivity contribution in [2.75, 3.05) is 33.3 Å². The van der Waals surface area contributed by atoms with Crippen molar-refractivity contribution >= 4 is 49.1 Å². The van der Waals surface area contributed by atoms with Gasteiger partial charge in [-0.15, -0.1) is 11.3 Å². The van der Waals surface area contributed by atoms with E-state index in [-0.39, 0.29) is 18.6 Å². The number of carbonyl (C=O) groups excluding carboxylic acids is 2. The summed E-state index contributed by atoms with van der Waals surface area (Å²) in [5, 5.41) is 1.60. The summed E-state index contributed by atoms with van der Waals surface area (Å²) in [6.07, 6.45) is 0.917. The minimum atomic E-state index is -0.412. The maximum absolute atomic E-state index is 12.6. The van der Waals surface area contributed by atoms with Gasteiger partial charge in [-0.25, -0.2) is 0 Å². The molecule has 0 N–H and O–H groups in total. The molecule has 0 saturated carbocycles. The first-order valence-electron chi connectivity index (χ1n) is 8.03.